The Morgan fingerprint density at radius 2 is 1.87 bits per heavy atom. The van der Waals surface area contributed by atoms with Crippen molar-refractivity contribution in [3.63, 3.8) is 0 Å². The molecule has 5 nitrogen and oxygen atoms in total. The molecule has 0 aromatic heterocycles. The number of fused-ring (bicyclic) bond motifs is 1. The molecular formula is C18H20N2O3. The van der Waals surface area contributed by atoms with E-state index in [9.17, 15) is 15.0 Å². The van der Waals surface area contributed by atoms with Crippen molar-refractivity contribution in [2.45, 2.75) is 20.0 Å². The highest BCUT2D eigenvalue weighted by Gasteiger charge is 2.33. The molecule has 0 radical (unpaired) electrons. The van der Waals surface area contributed by atoms with Gasteiger partial charge in [0.15, 0.2) is 11.5 Å². The number of carbonyl (C=O) groups excluding carboxylic acids is 1. The number of rotatable bonds is 3. The van der Waals surface area contributed by atoms with Gasteiger partial charge in [-0.25, -0.2) is 0 Å². The van der Waals surface area contributed by atoms with E-state index in [4.69, 9.17) is 0 Å². The third-order valence-electron chi connectivity index (χ3n) is 3.90. The zero-order chi connectivity index (χ0) is 16.6. The highest BCUT2D eigenvalue weighted by Crippen LogP contribution is 2.36. The molecule has 0 spiro atoms. The second-order valence-corrected chi connectivity index (χ2v) is 6.19. The first-order chi connectivity index (χ1) is 11.0. The van der Waals surface area contributed by atoms with Crippen LogP contribution in [0.15, 0.2) is 42.5 Å². The van der Waals surface area contributed by atoms with E-state index in [1.54, 1.807) is 11.0 Å². The number of phenols is 2. The molecule has 0 fully saturated rings. The van der Waals surface area contributed by atoms with Crippen molar-refractivity contribution in [2.24, 2.45) is 5.92 Å². The minimum Gasteiger partial charge on any atom is -0.504 e. The Morgan fingerprint density at radius 3 is 2.57 bits per heavy atom. The SMILES string of the molecule is CC(C)CN1C(=O)c2ccccc2NC1c1ccc(O)c(O)c1. The molecule has 0 bridgehead atoms. The molecule has 120 valence electrons. The maximum atomic E-state index is 12.9. The predicted molar refractivity (Wildman–Crippen MR) is 88.5 cm³/mol. The first kappa shape index (κ1) is 15.2. The van der Waals surface area contributed by atoms with E-state index in [0.717, 1.165) is 11.3 Å². The minimum absolute atomic E-state index is 0.0365. The van der Waals surface area contributed by atoms with Crippen molar-refractivity contribution in [1.82, 2.24) is 4.90 Å². The number of para-hydroxylation sites is 1. The summed E-state index contributed by atoms with van der Waals surface area (Å²) in [7, 11) is 0. The fourth-order valence-corrected chi connectivity index (χ4v) is 2.85. The van der Waals surface area contributed by atoms with Gasteiger partial charge in [-0.3, -0.25) is 4.79 Å². The van der Waals surface area contributed by atoms with Crippen LogP contribution in [0.25, 0.3) is 0 Å². The van der Waals surface area contributed by atoms with Crippen molar-refractivity contribution in [3.05, 3.63) is 53.6 Å². The summed E-state index contributed by atoms with van der Waals surface area (Å²) >= 11 is 0. The lowest BCUT2D eigenvalue weighted by atomic mass is 10.0. The van der Waals surface area contributed by atoms with Crippen molar-refractivity contribution in [3.8, 4) is 11.5 Å². The first-order valence-electron chi connectivity index (χ1n) is 7.66. The molecule has 3 rings (SSSR count). The highest BCUT2D eigenvalue weighted by molar-refractivity contribution is 6.01. The number of nitrogens with zero attached hydrogens (tertiary/aromatic N) is 1. The van der Waals surface area contributed by atoms with E-state index < -0.39 is 0 Å². The number of aromatic hydroxyl groups is 2. The first-order valence-corrected chi connectivity index (χ1v) is 7.66. The van der Waals surface area contributed by atoms with Crippen LogP contribution < -0.4 is 5.32 Å². The summed E-state index contributed by atoms with van der Waals surface area (Å²) in [5.74, 6) is -0.100. The molecule has 5 heteroatoms. The summed E-state index contributed by atoms with van der Waals surface area (Å²) in [6.45, 7) is 4.70. The highest BCUT2D eigenvalue weighted by atomic mass is 16.3. The fraction of sp³-hybridized carbons (Fsp3) is 0.278. The second-order valence-electron chi connectivity index (χ2n) is 6.19. The van der Waals surface area contributed by atoms with Crippen LogP contribution in [0.2, 0.25) is 0 Å². The van der Waals surface area contributed by atoms with Gasteiger partial charge >= 0.3 is 0 Å². The molecule has 2 aromatic rings. The lowest BCUT2D eigenvalue weighted by molar-refractivity contribution is 0.0657. The van der Waals surface area contributed by atoms with Gasteiger partial charge in [0.1, 0.15) is 6.17 Å². The number of carbonyl (C=O) groups is 1. The van der Waals surface area contributed by atoms with E-state index in [1.165, 1.54) is 12.1 Å². The number of hydrogen-bond acceptors (Lipinski definition) is 4. The average Bonchev–Trinajstić information content (AvgIpc) is 2.52. The quantitative estimate of drug-likeness (QED) is 0.760. The van der Waals surface area contributed by atoms with E-state index in [-0.39, 0.29) is 23.6 Å². The molecule has 1 aliphatic heterocycles. The summed E-state index contributed by atoms with van der Waals surface area (Å²) in [4.78, 5) is 14.6. The summed E-state index contributed by atoms with van der Waals surface area (Å²) in [5.41, 5.74) is 2.14. The van der Waals surface area contributed by atoms with Crippen LogP contribution in [0.4, 0.5) is 5.69 Å². The zero-order valence-corrected chi connectivity index (χ0v) is 13.2. The number of amides is 1. The zero-order valence-electron chi connectivity index (χ0n) is 13.2. The molecular weight excluding hydrogens is 292 g/mol. The van der Waals surface area contributed by atoms with Crippen molar-refractivity contribution in [1.29, 1.82) is 0 Å². The van der Waals surface area contributed by atoms with Gasteiger partial charge in [0.2, 0.25) is 0 Å². The van der Waals surface area contributed by atoms with Gasteiger partial charge in [-0.2, -0.15) is 0 Å². The Morgan fingerprint density at radius 1 is 1.13 bits per heavy atom. The fourth-order valence-electron chi connectivity index (χ4n) is 2.85. The van der Waals surface area contributed by atoms with Gasteiger partial charge in [0, 0.05) is 12.2 Å². The van der Waals surface area contributed by atoms with Crippen LogP contribution >= 0.6 is 0 Å². The molecule has 0 saturated carbocycles. The normalized spacial score (nSPS) is 17.1. The molecule has 0 saturated heterocycles. The summed E-state index contributed by atoms with van der Waals surface area (Å²) in [5, 5.41) is 22.6. The smallest absolute Gasteiger partial charge is 0.257 e. The predicted octanol–water partition coefficient (Wildman–Crippen LogP) is 3.32. The number of phenolic OH excluding ortho intramolecular Hbond substituents is 2. The van der Waals surface area contributed by atoms with Crippen molar-refractivity contribution >= 4 is 11.6 Å². The number of hydrogen-bond donors (Lipinski definition) is 3. The van der Waals surface area contributed by atoms with Crippen LogP contribution in [-0.2, 0) is 0 Å². The Labute approximate surface area is 135 Å². The Balaban J connectivity index is 2.05. The van der Waals surface area contributed by atoms with Crippen molar-refractivity contribution in [2.75, 3.05) is 11.9 Å². The molecule has 1 unspecified atom stereocenters. The van der Waals surface area contributed by atoms with Gasteiger partial charge in [0.05, 0.1) is 5.56 Å². The Bertz CT molecular complexity index is 743. The van der Waals surface area contributed by atoms with Crippen LogP contribution in [-0.4, -0.2) is 27.6 Å². The molecule has 1 heterocycles. The van der Waals surface area contributed by atoms with Crippen LogP contribution in [0.5, 0.6) is 11.5 Å². The van der Waals surface area contributed by atoms with Gasteiger partial charge in [-0.05, 0) is 35.7 Å². The molecule has 1 atom stereocenters. The third kappa shape index (κ3) is 2.82. The van der Waals surface area contributed by atoms with Gasteiger partial charge < -0.3 is 20.4 Å². The monoisotopic (exact) mass is 312 g/mol. The molecule has 1 aliphatic rings. The lowest BCUT2D eigenvalue weighted by Gasteiger charge is -2.39. The third-order valence-corrected chi connectivity index (χ3v) is 3.90. The molecule has 3 N–H and O–H groups in total. The molecule has 1 amide bonds. The second kappa shape index (κ2) is 5.83. The number of anilines is 1. The minimum atomic E-state index is -0.383. The maximum Gasteiger partial charge on any atom is 0.257 e. The van der Waals surface area contributed by atoms with Gasteiger partial charge in [-0.15, -0.1) is 0 Å². The Hall–Kier alpha value is -2.69. The van der Waals surface area contributed by atoms with E-state index in [0.29, 0.717) is 18.0 Å². The standard InChI is InChI=1S/C18H20N2O3/c1-11(2)10-20-17(12-7-8-15(21)16(22)9-12)19-14-6-4-3-5-13(14)18(20)23/h3-9,11,17,19,21-22H,10H2,1-2H3. The maximum absolute atomic E-state index is 12.9. The van der Waals surface area contributed by atoms with Gasteiger partial charge in [0.25, 0.3) is 5.91 Å². The summed E-state index contributed by atoms with van der Waals surface area (Å²) in [6, 6.07) is 12.0. The number of benzene rings is 2. The van der Waals surface area contributed by atoms with Crippen LogP contribution in [0, 0.1) is 5.92 Å². The van der Waals surface area contributed by atoms with Crippen LogP contribution in [0.1, 0.15) is 35.9 Å². The number of nitrogens with one attached hydrogen (secondary N) is 1. The van der Waals surface area contributed by atoms with E-state index >= 15 is 0 Å². The molecule has 2 aromatic carbocycles. The van der Waals surface area contributed by atoms with Crippen LogP contribution in [0.3, 0.4) is 0 Å². The van der Waals surface area contributed by atoms with E-state index in [1.807, 2.05) is 24.3 Å². The molecule has 0 aliphatic carbocycles. The average molecular weight is 312 g/mol. The largest absolute Gasteiger partial charge is 0.504 e. The van der Waals surface area contributed by atoms with Gasteiger partial charge in [-0.1, -0.05) is 32.0 Å². The topological polar surface area (TPSA) is 72.8 Å². The summed E-state index contributed by atoms with van der Waals surface area (Å²) in [6.07, 6.45) is -0.383. The van der Waals surface area contributed by atoms with Crippen molar-refractivity contribution < 1.29 is 15.0 Å². The summed E-state index contributed by atoms with van der Waals surface area (Å²) < 4.78 is 0. The molecule has 23 heavy (non-hydrogen) atoms. The lowest BCUT2D eigenvalue weighted by Crippen LogP contribution is -2.44. The Kier molecular flexibility index (Phi) is 3.86. The van der Waals surface area contributed by atoms with E-state index in [2.05, 4.69) is 19.2 Å².